The Morgan fingerprint density at radius 1 is 1.13 bits per heavy atom. The lowest BCUT2D eigenvalue weighted by atomic mass is 10.2. The zero-order chi connectivity index (χ0) is 22.2. The minimum atomic E-state index is -4.59. The largest absolute Gasteiger partial charge is 0.416 e. The number of anilines is 1. The number of amides is 1. The summed E-state index contributed by atoms with van der Waals surface area (Å²) in [4.78, 5) is 26.3. The smallest absolute Gasteiger partial charge is 0.323 e. The summed E-state index contributed by atoms with van der Waals surface area (Å²) in [6.07, 6.45) is -4.59. The topological polar surface area (TPSA) is 76.9 Å². The Hall–Kier alpha value is -3.24. The highest BCUT2D eigenvalue weighted by Crippen LogP contribution is 2.34. The van der Waals surface area contributed by atoms with E-state index in [-0.39, 0.29) is 10.7 Å². The maximum absolute atomic E-state index is 12.9. The van der Waals surface area contributed by atoms with Gasteiger partial charge in [-0.2, -0.15) is 13.2 Å². The van der Waals surface area contributed by atoms with Crippen LogP contribution in [-0.2, 0) is 17.5 Å². The van der Waals surface area contributed by atoms with Gasteiger partial charge < -0.3 is 5.32 Å². The third-order valence-corrected chi connectivity index (χ3v) is 5.74. The van der Waals surface area contributed by atoms with Crippen LogP contribution in [0.15, 0.2) is 59.4 Å². The number of carbonyl (C=O) groups is 1. The van der Waals surface area contributed by atoms with E-state index in [1.54, 1.807) is 6.07 Å². The van der Waals surface area contributed by atoms with Crippen LogP contribution >= 0.6 is 22.9 Å². The van der Waals surface area contributed by atoms with E-state index in [0.717, 1.165) is 33.3 Å². The Morgan fingerprint density at radius 2 is 1.87 bits per heavy atom. The molecule has 0 atom stereocenters. The van der Waals surface area contributed by atoms with Crippen LogP contribution in [0.3, 0.4) is 0 Å². The number of rotatable bonds is 4. The van der Waals surface area contributed by atoms with Crippen molar-refractivity contribution < 1.29 is 18.0 Å². The lowest BCUT2D eigenvalue weighted by Crippen LogP contribution is -2.30. The Bertz CT molecular complexity index is 1340. The molecule has 0 aliphatic rings. The van der Waals surface area contributed by atoms with Crippen molar-refractivity contribution in [1.29, 1.82) is 0 Å². The summed E-state index contributed by atoms with van der Waals surface area (Å²) in [6.45, 7) is -0.537. The van der Waals surface area contributed by atoms with E-state index in [9.17, 15) is 22.8 Å². The first-order valence-electron chi connectivity index (χ1n) is 8.82. The summed E-state index contributed by atoms with van der Waals surface area (Å²) >= 11 is 7.18. The van der Waals surface area contributed by atoms with Gasteiger partial charge >= 0.3 is 6.18 Å². The van der Waals surface area contributed by atoms with E-state index < -0.39 is 29.8 Å². The molecule has 31 heavy (non-hydrogen) atoms. The second-order valence-corrected chi connectivity index (χ2v) is 7.93. The number of nitrogens with zero attached hydrogens (tertiary/aromatic N) is 3. The van der Waals surface area contributed by atoms with E-state index in [1.807, 2.05) is 30.3 Å². The first-order valence-corrected chi connectivity index (χ1v) is 10.0. The van der Waals surface area contributed by atoms with Crippen molar-refractivity contribution in [1.82, 2.24) is 15.0 Å². The molecule has 0 radical (unpaired) electrons. The van der Waals surface area contributed by atoms with Crippen LogP contribution < -0.4 is 10.9 Å². The molecule has 4 rings (SSSR count). The average molecular weight is 465 g/mol. The molecule has 0 bridgehead atoms. The van der Waals surface area contributed by atoms with Crippen LogP contribution in [0.25, 0.3) is 20.7 Å². The fraction of sp³-hybridized carbons (Fsp3) is 0.100. The molecule has 0 saturated heterocycles. The Labute approximate surface area is 181 Å². The molecule has 0 saturated carbocycles. The molecule has 2 heterocycles. The quantitative estimate of drug-likeness (QED) is 0.469. The fourth-order valence-corrected chi connectivity index (χ4v) is 3.99. The number of hydrogen-bond donors (Lipinski definition) is 1. The van der Waals surface area contributed by atoms with Crippen LogP contribution in [-0.4, -0.2) is 20.9 Å². The van der Waals surface area contributed by atoms with Gasteiger partial charge in [-0.1, -0.05) is 47.1 Å². The molecule has 0 unspecified atom stereocenters. The van der Waals surface area contributed by atoms with Gasteiger partial charge in [-0.15, -0.1) is 16.4 Å². The summed E-state index contributed by atoms with van der Waals surface area (Å²) < 4.78 is 39.5. The molecular formula is C20H12ClF3N4O2S. The first-order chi connectivity index (χ1) is 14.7. The zero-order valence-corrected chi connectivity index (χ0v) is 17.1. The zero-order valence-electron chi connectivity index (χ0n) is 15.5. The Morgan fingerprint density at radius 3 is 2.58 bits per heavy atom. The van der Waals surface area contributed by atoms with E-state index in [0.29, 0.717) is 10.2 Å². The van der Waals surface area contributed by atoms with Crippen LogP contribution in [0.4, 0.5) is 18.9 Å². The Kier molecular flexibility index (Phi) is 5.50. The number of fused-ring (bicyclic) bond motifs is 1. The fourth-order valence-electron chi connectivity index (χ4n) is 2.85. The minimum absolute atomic E-state index is 0.0689. The van der Waals surface area contributed by atoms with Gasteiger partial charge in [0.25, 0.3) is 5.56 Å². The molecule has 0 aliphatic carbocycles. The third-order valence-electron chi connectivity index (χ3n) is 4.34. The first kappa shape index (κ1) is 21.0. The highest BCUT2D eigenvalue weighted by atomic mass is 35.5. The number of aromatic nitrogens is 3. The molecule has 0 fully saturated rings. The summed E-state index contributed by atoms with van der Waals surface area (Å²) in [7, 11) is 0. The maximum Gasteiger partial charge on any atom is 0.416 e. The predicted octanol–water partition coefficient (Wildman–Crippen LogP) is 4.83. The van der Waals surface area contributed by atoms with Crippen molar-refractivity contribution in [3.63, 3.8) is 0 Å². The van der Waals surface area contributed by atoms with Gasteiger partial charge in [0.05, 0.1) is 21.7 Å². The molecule has 2 aromatic heterocycles. The number of hydrogen-bond acceptors (Lipinski definition) is 5. The van der Waals surface area contributed by atoms with E-state index in [2.05, 4.69) is 15.6 Å². The molecule has 0 aliphatic heterocycles. The standard InChI is InChI=1S/C20H12ClF3N4O2S/c21-14-7-6-12(20(22,23)24)8-15(14)25-17(29)10-28-19(30)13-9-16(31-18(13)26-27-28)11-4-2-1-3-5-11/h1-9H,10H2,(H,25,29). The normalized spacial score (nSPS) is 11.6. The molecule has 158 valence electrons. The molecular weight excluding hydrogens is 453 g/mol. The minimum Gasteiger partial charge on any atom is -0.323 e. The van der Waals surface area contributed by atoms with Crippen molar-refractivity contribution in [3.05, 3.63) is 75.5 Å². The summed E-state index contributed by atoms with van der Waals surface area (Å²) in [6, 6.07) is 13.6. The van der Waals surface area contributed by atoms with Crippen LogP contribution in [0.1, 0.15) is 5.56 Å². The second-order valence-electron chi connectivity index (χ2n) is 6.49. The summed E-state index contributed by atoms with van der Waals surface area (Å²) in [5.41, 5.74) is -0.801. The number of benzene rings is 2. The lowest BCUT2D eigenvalue weighted by molar-refractivity contribution is -0.137. The van der Waals surface area contributed by atoms with Crippen LogP contribution in [0, 0.1) is 0 Å². The molecule has 1 N–H and O–H groups in total. The molecule has 1 amide bonds. The van der Waals surface area contributed by atoms with Crippen LogP contribution in [0.5, 0.6) is 0 Å². The maximum atomic E-state index is 12.9. The lowest BCUT2D eigenvalue weighted by Gasteiger charge is -2.11. The van der Waals surface area contributed by atoms with Gasteiger partial charge in [-0.25, -0.2) is 4.68 Å². The number of thiophene rings is 1. The average Bonchev–Trinajstić information content (AvgIpc) is 3.17. The molecule has 2 aromatic carbocycles. The summed E-state index contributed by atoms with van der Waals surface area (Å²) in [5.74, 6) is -0.768. The van der Waals surface area contributed by atoms with Crippen molar-refractivity contribution in [2.45, 2.75) is 12.7 Å². The van der Waals surface area contributed by atoms with Gasteiger partial charge in [-0.05, 0) is 29.8 Å². The van der Waals surface area contributed by atoms with Gasteiger partial charge in [-0.3, -0.25) is 9.59 Å². The number of carbonyl (C=O) groups excluding carboxylic acids is 1. The highest BCUT2D eigenvalue weighted by molar-refractivity contribution is 7.21. The SMILES string of the molecule is O=C(Cn1nnc2sc(-c3ccccc3)cc2c1=O)Nc1cc(C(F)(F)F)ccc1Cl. The van der Waals surface area contributed by atoms with Gasteiger partial charge in [0.2, 0.25) is 5.91 Å². The van der Waals surface area contributed by atoms with E-state index >= 15 is 0 Å². The van der Waals surface area contributed by atoms with E-state index in [1.165, 1.54) is 11.3 Å². The number of nitrogens with one attached hydrogen (secondary N) is 1. The molecule has 11 heteroatoms. The summed E-state index contributed by atoms with van der Waals surface area (Å²) in [5, 5.41) is 10.3. The third kappa shape index (κ3) is 4.44. The number of alkyl halides is 3. The predicted molar refractivity (Wildman–Crippen MR) is 112 cm³/mol. The van der Waals surface area contributed by atoms with E-state index in [4.69, 9.17) is 11.6 Å². The molecule has 4 aromatic rings. The highest BCUT2D eigenvalue weighted by Gasteiger charge is 2.31. The van der Waals surface area contributed by atoms with Crippen molar-refractivity contribution >= 4 is 44.7 Å². The molecule has 0 spiro atoms. The monoisotopic (exact) mass is 464 g/mol. The Balaban J connectivity index is 1.58. The van der Waals surface area contributed by atoms with Gasteiger partial charge in [0, 0.05) is 4.88 Å². The van der Waals surface area contributed by atoms with Crippen LogP contribution in [0.2, 0.25) is 5.02 Å². The number of halogens is 4. The van der Waals surface area contributed by atoms with Crippen molar-refractivity contribution in [2.24, 2.45) is 0 Å². The molecule has 6 nitrogen and oxygen atoms in total. The van der Waals surface area contributed by atoms with Gasteiger partial charge in [0.15, 0.2) is 4.83 Å². The van der Waals surface area contributed by atoms with Crippen molar-refractivity contribution in [2.75, 3.05) is 5.32 Å². The van der Waals surface area contributed by atoms with Crippen molar-refractivity contribution in [3.8, 4) is 10.4 Å². The van der Waals surface area contributed by atoms with Gasteiger partial charge in [0.1, 0.15) is 6.54 Å². The second kappa shape index (κ2) is 8.12.